The van der Waals surface area contributed by atoms with Crippen molar-refractivity contribution in [2.45, 2.75) is 26.7 Å². The molecule has 2 rings (SSSR count). The molecule has 1 saturated heterocycles. The molecule has 5 nitrogen and oxygen atoms in total. The Balaban J connectivity index is 2.10. The number of nitrogens with two attached hydrogens (primary N) is 1. The zero-order valence-electron chi connectivity index (χ0n) is 10.8. The molecule has 1 amide bonds. The summed E-state index contributed by atoms with van der Waals surface area (Å²) in [5.41, 5.74) is 6.26. The molecule has 0 radical (unpaired) electrons. The third-order valence-electron chi connectivity index (χ3n) is 3.57. The summed E-state index contributed by atoms with van der Waals surface area (Å²) < 4.78 is 5.30. The Morgan fingerprint density at radius 2 is 2.17 bits per heavy atom. The van der Waals surface area contributed by atoms with Gasteiger partial charge in [0.25, 0.3) is 0 Å². The van der Waals surface area contributed by atoms with Gasteiger partial charge in [0, 0.05) is 24.6 Å². The minimum Gasteiger partial charge on any atom is -0.381 e. The van der Waals surface area contributed by atoms with E-state index >= 15 is 0 Å². The molecular formula is C12H19N3O2S. The fourth-order valence-electron chi connectivity index (χ4n) is 2.04. The van der Waals surface area contributed by atoms with Gasteiger partial charge in [-0.25, -0.2) is 4.98 Å². The Hall–Kier alpha value is -0.980. The van der Waals surface area contributed by atoms with Crippen LogP contribution in [0.2, 0.25) is 0 Å². The van der Waals surface area contributed by atoms with Crippen molar-refractivity contribution in [1.82, 2.24) is 4.98 Å². The Kier molecular flexibility index (Phi) is 3.99. The molecule has 1 aromatic heterocycles. The second-order valence-corrected chi connectivity index (χ2v) is 5.91. The van der Waals surface area contributed by atoms with Crippen LogP contribution < -0.4 is 11.1 Å². The van der Waals surface area contributed by atoms with E-state index < -0.39 is 5.41 Å². The monoisotopic (exact) mass is 269 g/mol. The van der Waals surface area contributed by atoms with E-state index in [1.165, 1.54) is 11.3 Å². The highest BCUT2D eigenvalue weighted by Gasteiger charge is 2.39. The SMILES string of the molecule is Cc1nc(NC(=O)C2(CN)CCOCC2)sc1C. The number of hydrogen-bond acceptors (Lipinski definition) is 5. The number of thiazole rings is 1. The van der Waals surface area contributed by atoms with Crippen LogP contribution >= 0.6 is 11.3 Å². The fourth-order valence-corrected chi connectivity index (χ4v) is 2.85. The maximum Gasteiger partial charge on any atom is 0.233 e. The maximum atomic E-state index is 12.4. The quantitative estimate of drug-likeness (QED) is 0.870. The molecule has 0 saturated carbocycles. The lowest BCUT2D eigenvalue weighted by Crippen LogP contribution is -2.46. The first-order valence-corrected chi connectivity index (χ1v) is 6.92. The first-order chi connectivity index (χ1) is 8.57. The summed E-state index contributed by atoms with van der Waals surface area (Å²) >= 11 is 1.50. The number of aromatic nitrogens is 1. The van der Waals surface area contributed by atoms with Gasteiger partial charge in [-0.2, -0.15) is 0 Å². The molecule has 0 atom stereocenters. The van der Waals surface area contributed by atoms with E-state index in [1.807, 2.05) is 13.8 Å². The summed E-state index contributed by atoms with van der Waals surface area (Å²) in [7, 11) is 0. The van der Waals surface area contributed by atoms with E-state index in [1.54, 1.807) is 0 Å². The van der Waals surface area contributed by atoms with E-state index in [4.69, 9.17) is 10.5 Å². The Labute approximate surface area is 111 Å². The highest BCUT2D eigenvalue weighted by atomic mass is 32.1. The van der Waals surface area contributed by atoms with Gasteiger partial charge in [-0.1, -0.05) is 0 Å². The average Bonchev–Trinajstić information content (AvgIpc) is 2.69. The second kappa shape index (κ2) is 5.34. The number of carbonyl (C=O) groups excluding carboxylic acids is 1. The van der Waals surface area contributed by atoms with Gasteiger partial charge in [0.1, 0.15) is 0 Å². The summed E-state index contributed by atoms with van der Waals surface area (Å²) in [4.78, 5) is 17.8. The first-order valence-electron chi connectivity index (χ1n) is 6.11. The number of anilines is 1. The lowest BCUT2D eigenvalue weighted by molar-refractivity contribution is -0.130. The van der Waals surface area contributed by atoms with Crippen LogP contribution in [0.15, 0.2) is 0 Å². The van der Waals surface area contributed by atoms with Crippen LogP contribution in [-0.2, 0) is 9.53 Å². The molecule has 0 aliphatic carbocycles. The van der Waals surface area contributed by atoms with Crippen LogP contribution in [0.25, 0.3) is 0 Å². The number of hydrogen-bond donors (Lipinski definition) is 2. The van der Waals surface area contributed by atoms with Crippen LogP contribution in [0.4, 0.5) is 5.13 Å². The average molecular weight is 269 g/mol. The first kappa shape index (κ1) is 13.5. The summed E-state index contributed by atoms with van der Waals surface area (Å²) in [5.74, 6) is -0.0259. The standard InChI is InChI=1S/C12H19N3O2S/c1-8-9(2)18-11(14-8)15-10(16)12(7-13)3-5-17-6-4-12/h3-7,13H2,1-2H3,(H,14,15,16). The van der Waals surface area contributed by atoms with Gasteiger partial charge in [0.05, 0.1) is 11.1 Å². The van der Waals surface area contributed by atoms with Crippen molar-refractivity contribution in [1.29, 1.82) is 0 Å². The summed E-state index contributed by atoms with van der Waals surface area (Å²) in [5, 5.41) is 3.56. The van der Waals surface area contributed by atoms with Gasteiger partial charge in [0.15, 0.2) is 5.13 Å². The second-order valence-electron chi connectivity index (χ2n) is 4.71. The van der Waals surface area contributed by atoms with Crippen molar-refractivity contribution in [3.05, 3.63) is 10.6 Å². The summed E-state index contributed by atoms with van der Waals surface area (Å²) in [6.45, 7) is 5.48. The zero-order valence-corrected chi connectivity index (χ0v) is 11.6. The lowest BCUT2D eigenvalue weighted by atomic mass is 9.79. The Bertz CT molecular complexity index is 419. The molecule has 0 aromatic carbocycles. The predicted molar refractivity (Wildman–Crippen MR) is 71.8 cm³/mol. The van der Waals surface area contributed by atoms with E-state index in [-0.39, 0.29) is 5.91 Å². The van der Waals surface area contributed by atoms with Crippen LogP contribution in [0.5, 0.6) is 0 Å². The van der Waals surface area contributed by atoms with Gasteiger partial charge in [-0.3, -0.25) is 4.79 Å². The minimum absolute atomic E-state index is 0.0259. The van der Waals surface area contributed by atoms with Crippen molar-refractivity contribution < 1.29 is 9.53 Å². The van der Waals surface area contributed by atoms with E-state index in [0.29, 0.717) is 37.7 Å². The van der Waals surface area contributed by atoms with Gasteiger partial charge < -0.3 is 15.8 Å². The van der Waals surface area contributed by atoms with Crippen LogP contribution in [0.1, 0.15) is 23.4 Å². The number of rotatable bonds is 3. The Morgan fingerprint density at radius 1 is 1.50 bits per heavy atom. The van der Waals surface area contributed by atoms with Crippen molar-refractivity contribution in [3.63, 3.8) is 0 Å². The highest BCUT2D eigenvalue weighted by Crippen LogP contribution is 2.32. The lowest BCUT2D eigenvalue weighted by Gasteiger charge is -2.34. The summed E-state index contributed by atoms with van der Waals surface area (Å²) in [6.07, 6.45) is 1.36. The molecule has 1 aliphatic heterocycles. The molecule has 0 bridgehead atoms. The van der Waals surface area contributed by atoms with E-state index in [9.17, 15) is 4.79 Å². The number of nitrogens with zero attached hydrogens (tertiary/aromatic N) is 1. The maximum absolute atomic E-state index is 12.4. The molecule has 1 fully saturated rings. The smallest absolute Gasteiger partial charge is 0.233 e. The van der Waals surface area contributed by atoms with Crippen molar-refractivity contribution in [2.75, 3.05) is 25.1 Å². The van der Waals surface area contributed by atoms with Crippen LogP contribution in [-0.4, -0.2) is 30.6 Å². The van der Waals surface area contributed by atoms with Crippen molar-refractivity contribution >= 4 is 22.4 Å². The number of aryl methyl sites for hydroxylation is 2. The fraction of sp³-hybridized carbons (Fsp3) is 0.667. The van der Waals surface area contributed by atoms with Gasteiger partial charge in [0.2, 0.25) is 5.91 Å². The molecule has 1 aliphatic rings. The largest absolute Gasteiger partial charge is 0.381 e. The molecule has 0 unspecified atom stereocenters. The number of carbonyl (C=O) groups is 1. The molecule has 3 N–H and O–H groups in total. The van der Waals surface area contributed by atoms with Gasteiger partial charge >= 0.3 is 0 Å². The predicted octanol–water partition coefficient (Wildman–Crippen LogP) is 1.45. The number of nitrogens with one attached hydrogen (secondary N) is 1. The number of ether oxygens (including phenoxy) is 1. The molecule has 0 spiro atoms. The third kappa shape index (κ3) is 2.55. The van der Waals surface area contributed by atoms with E-state index in [0.717, 1.165) is 10.6 Å². The highest BCUT2D eigenvalue weighted by molar-refractivity contribution is 7.15. The molecule has 100 valence electrons. The van der Waals surface area contributed by atoms with Crippen LogP contribution in [0, 0.1) is 19.3 Å². The van der Waals surface area contributed by atoms with Gasteiger partial charge in [-0.05, 0) is 26.7 Å². The molecule has 18 heavy (non-hydrogen) atoms. The third-order valence-corrected chi connectivity index (χ3v) is 4.56. The molecule has 6 heteroatoms. The van der Waals surface area contributed by atoms with Crippen LogP contribution in [0.3, 0.4) is 0 Å². The molecular weight excluding hydrogens is 250 g/mol. The van der Waals surface area contributed by atoms with E-state index in [2.05, 4.69) is 10.3 Å². The zero-order chi connectivity index (χ0) is 13.2. The number of amides is 1. The Morgan fingerprint density at radius 3 is 2.67 bits per heavy atom. The summed E-state index contributed by atoms with van der Waals surface area (Å²) in [6, 6.07) is 0. The van der Waals surface area contributed by atoms with Crippen molar-refractivity contribution in [3.8, 4) is 0 Å². The van der Waals surface area contributed by atoms with Gasteiger partial charge in [-0.15, -0.1) is 11.3 Å². The van der Waals surface area contributed by atoms with Crippen molar-refractivity contribution in [2.24, 2.45) is 11.1 Å². The minimum atomic E-state index is -0.494. The normalized spacial score (nSPS) is 18.6. The molecule has 2 heterocycles. The molecule has 1 aromatic rings. The topological polar surface area (TPSA) is 77.2 Å².